The molecule has 1 N–H and O–H groups in total. The Bertz CT molecular complexity index is 426. The van der Waals surface area contributed by atoms with E-state index < -0.39 is 12.1 Å². The van der Waals surface area contributed by atoms with Gasteiger partial charge in [0.25, 0.3) is 5.91 Å². The number of esters is 1. The Hall–Kier alpha value is -1.40. The van der Waals surface area contributed by atoms with Gasteiger partial charge in [0, 0.05) is 13.2 Å². The lowest BCUT2D eigenvalue weighted by molar-refractivity contribution is -0.129. The van der Waals surface area contributed by atoms with Crippen molar-refractivity contribution in [3.05, 3.63) is 22.4 Å². The molecule has 1 saturated heterocycles. The molecule has 6 heteroatoms. The second-order valence-corrected chi connectivity index (χ2v) is 5.35. The Labute approximate surface area is 115 Å². The fourth-order valence-corrected chi connectivity index (χ4v) is 2.44. The molecule has 0 aromatic carbocycles. The highest BCUT2D eigenvalue weighted by atomic mass is 32.1. The highest BCUT2D eigenvalue weighted by Crippen LogP contribution is 2.12. The lowest BCUT2D eigenvalue weighted by Gasteiger charge is -2.15. The minimum absolute atomic E-state index is 0.0872. The van der Waals surface area contributed by atoms with E-state index >= 15 is 0 Å². The number of hydrogen-bond acceptors (Lipinski definition) is 5. The topological polar surface area (TPSA) is 64.6 Å². The molecule has 1 aromatic rings. The molecule has 0 aliphatic carbocycles. The molecule has 2 heterocycles. The van der Waals surface area contributed by atoms with E-state index in [-0.39, 0.29) is 12.0 Å². The van der Waals surface area contributed by atoms with Crippen LogP contribution in [0.4, 0.5) is 0 Å². The number of nitrogens with one attached hydrogen (secondary N) is 1. The highest BCUT2D eigenvalue weighted by molar-refractivity contribution is 7.11. The molecule has 5 nitrogen and oxygen atoms in total. The number of amides is 1. The largest absolute Gasteiger partial charge is 0.448 e. The summed E-state index contributed by atoms with van der Waals surface area (Å²) in [4.78, 5) is 23.9. The van der Waals surface area contributed by atoms with Crippen molar-refractivity contribution in [3.8, 4) is 0 Å². The molecule has 1 amide bonds. The van der Waals surface area contributed by atoms with E-state index in [9.17, 15) is 9.59 Å². The minimum Gasteiger partial charge on any atom is -0.448 e. The van der Waals surface area contributed by atoms with Gasteiger partial charge >= 0.3 is 5.97 Å². The summed E-state index contributed by atoms with van der Waals surface area (Å²) in [6.45, 7) is 2.79. The number of hydrogen-bond donors (Lipinski definition) is 1. The van der Waals surface area contributed by atoms with Crippen LogP contribution in [0.25, 0.3) is 0 Å². The SMILES string of the molecule is C[C@H](OC(=O)c1cccs1)C(=O)NC[C@@H]1CCCO1. The Kier molecular flexibility index (Phi) is 4.93. The zero-order valence-electron chi connectivity index (χ0n) is 10.8. The molecule has 2 rings (SSSR count). The van der Waals surface area contributed by atoms with Gasteiger partial charge in [0.15, 0.2) is 6.10 Å². The van der Waals surface area contributed by atoms with Crippen molar-refractivity contribution in [1.29, 1.82) is 0 Å². The molecule has 104 valence electrons. The van der Waals surface area contributed by atoms with E-state index in [1.165, 1.54) is 11.3 Å². The molecular weight excluding hydrogens is 266 g/mol. The number of carbonyl (C=O) groups excluding carboxylic acids is 2. The quantitative estimate of drug-likeness (QED) is 0.833. The van der Waals surface area contributed by atoms with E-state index in [1.807, 2.05) is 0 Å². The third-order valence-corrected chi connectivity index (χ3v) is 3.75. The Morgan fingerprint density at radius 3 is 3.11 bits per heavy atom. The normalized spacial score (nSPS) is 19.9. The average Bonchev–Trinajstić information content (AvgIpc) is 3.08. The third kappa shape index (κ3) is 4.04. The molecule has 0 radical (unpaired) electrons. The van der Waals surface area contributed by atoms with Crippen molar-refractivity contribution in [2.24, 2.45) is 0 Å². The van der Waals surface area contributed by atoms with Gasteiger partial charge in [0.2, 0.25) is 0 Å². The van der Waals surface area contributed by atoms with E-state index in [1.54, 1.807) is 24.4 Å². The molecule has 1 aliphatic rings. The van der Waals surface area contributed by atoms with Gasteiger partial charge in [-0.15, -0.1) is 11.3 Å². The van der Waals surface area contributed by atoms with Gasteiger partial charge in [0.1, 0.15) is 4.88 Å². The number of rotatable bonds is 5. The number of thiophene rings is 1. The molecule has 1 aliphatic heterocycles. The smallest absolute Gasteiger partial charge is 0.349 e. The van der Waals surface area contributed by atoms with Crippen molar-refractivity contribution >= 4 is 23.2 Å². The first-order chi connectivity index (χ1) is 9.16. The van der Waals surface area contributed by atoms with Gasteiger partial charge in [-0.2, -0.15) is 0 Å². The number of ether oxygens (including phenoxy) is 2. The van der Waals surface area contributed by atoms with Crippen molar-refractivity contribution in [3.63, 3.8) is 0 Å². The predicted molar refractivity (Wildman–Crippen MR) is 71.2 cm³/mol. The second-order valence-electron chi connectivity index (χ2n) is 4.41. The molecule has 19 heavy (non-hydrogen) atoms. The number of carbonyl (C=O) groups is 2. The minimum atomic E-state index is -0.795. The van der Waals surface area contributed by atoms with Crippen LogP contribution in [0.2, 0.25) is 0 Å². The van der Waals surface area contributed by atoms with Gasteiger partial charge in [-0.05, 0) is 31.2 Å². The predicted octanol–water partition coefficient (Wildman–Crippen LogP) is 1.59. The Morgan fingerprint density at radius 2 is 2.47 bits per heavy atom. The van der Waals surface area contributed by atoms with Gasteiger partial charge < -0.3 is 14.8 Å². The molecule has 1 aromatic heterocycles. The lowest BCUT2D eigenvalue weighted by atomic mass is 10.2. The Morgan fingerprint density at radius 1 is 1.63 bits per heavy atom. The zero-order valence-corrected chi connectivity index (χ0v) is 11.6. The van der Waals surface area contributed by atoms with E-state index in [2.05, 4.69) is 5.32 Å². The summed E-state index contributed by atoms with van der Waals surface area (Å²) in [6.07, 6.45) is 1.28. The maximum atomic E-state index is 11.8. The fraction of sp³-hybridized carbons (Fsp3) is 0.538. The maximum Gasteiger partial charge on any atom is 0.349 e. The van der Waals surface area contributed by atoms with Crippen LogP contribution < -0.4 is 5.32 Å². The van der Waals surface area contributed by atoms with Crippen LogP contribution in [0, 0.1) is 0 Å². The van der Waals surface area contributed by atoms with Gasteiger partial charge in [0.05, 0.1) is 6.10 Å². The summed E-state index contributed by atoms with van der Waals surface area (Å²) in [5.41, 5.74) is 0. The second kappa shape index (κ2) is 6.68. The van der Waals surface area contributed by atoms with Crippen molar-refractivity contribution < 1.29 is 19.1 Å². The molecule has 0 unspecified atom stereocenters. The van der Waals surface area contributed by atoms with Crippen LogP contribution in [-0.4, -0.2) is 37.2 Å². The summed E-state index contributed by atoms with van der Waals surface area (Å²) in [5, 5.41) is 4.53. The van der Waals surface area contributed by atoms with Crippen LogP contribution >= 0.6 is 11.3 Å². The van der Waals surface area contributed by atoms with Crippen LogP contribution in [-0.2, 0) is 14.3 Å². The first-order valence-electron chi connectivity index (χ1n) is 6.30. The van der Waals surface area contributed by atoms with Gasteiger partial charge in [-0.1, -0.05) is 6.07 Å². The first-order valence-corrected chi connectivity index (χ1v) is 7.18. The van der Waals surface area contributed by atoms with E-state index in [4.69, 9.17) is 9.47 Å². The van der Waals surface area contributed by atoms with Gasteiger partial charge in [-0.3, -0.25) is 4.79 Å². The lowest BCUT2D eigenvalue weighted by Crippen LogP contribution is -2.39. The van der Waals surface area contributed by atoms with Crippen LogP contribution in [0.3, 0.4) is 0 Å². The van der Waals surface area contributed by atoms with Crippen LogP contribution in [0.1, 0.15) is 29.4 Å². The van der Waals surface area contributed by atoms with Crippen molar-refractivity contribution in [1.82, 2.24) is 5.32 Å². The zero-order chi connectivity index (χ0) is 13.7. The summed E-state index contributed by atoms with van der Waals surface area (Å²) >= 11 is 1.29. The summed E-state index contributed by atoms with van der Waals surface area (Å²) in [6, 6.07) is 3.44. The monoisotopic (exact) mass is 283 g/mol. The van der Waals surface area contributed by atoms with Crippen LogP contribution in [0.15, 0.2) is 17.5 Å². The molecule has 0 saturated carbocycles. The summed E-state index contributed by atoms with van der Waals surface area (Å²) in [5.74, 6) is -0.754. The average molecular weight is 283 g/mol. The summed E-state index contributed by atoms with van der Waals surface area (Å²) < 4.78 is 10.5. The molecule has 2 atom stereocenters. The summed E-state index contributed by atoms with van der Waals surface area (Å²) in [7, 11) is 0. The standard InChI is InChI=1S/C13H17NO4S/c1-9(18-13(16)11-5-3-7-19-11)12(15)14-8-10-4-2-6-17-10/h3,5,7,9-10H,2,4,6,8H2,1H3,(H,14,15)/t9-,10-/m0/s1. The molecule has 0 bridgehead atoms. The third-order valence-electron chi connectivity index (χ3n) is 2.90. The highest BCUT2D eigenvalue weighted by Gasteiger charge is 2.21. The maximum absolute atomic E-state index is 11.8. The van der Waals surface area contributed by atoms with Crippen LogP contribution in [0.5, 0.6) is 0 Å². The first kappa shape index (κ1) is 14.0. The van der Waals surface area contributed by atoms with Crippen molar-refractivity contribution in [2.75, 3.05) is 13.2 Å². The van der Waals surface area contributed by atoms with Gasteiger partial charge in [-0.25, -0.2) is 4.79 Å². The molecular formula is C13H17NO4S. The van der Waals surface area contributed by atoms with E-state index in [0.29, 0.717) is 11.4 Å². The van der Waals surface area contributed by atoms with Crippen molar-refractivity contribution in [2.45, 2.75) is 32.0 Å². The van der Waals surface area contributed by atoms with E-state index in [0.717, 1.165) is 19.4 Å². The Balaban J connectivity index is 1.74. The molecule has 1 fully saturated rings. The fourth-order valence-electron chi connectivity index (χ4n) is 1.83. The molecule has 0 spiro atoms.